The standard InChI is InChI=1S/C19H15ClINO4S/c1-24-15-7-10(8-16(25-2)17(15)26-3)6-14-19(23)27-18(22-14)12-9-11(21)4-5-13(12)20/h4-9H,1-3H3. The number of halogens is 2. The van der Waals surface area contributed by atoms with Crippen LogP contribution in [0.25, 0.3) is 6.08 Å². The molecule has 0 saturated heterocycles. The molecule has 0 atom stereocenters. The summed E-state index contributed by atoms with van der Waals surface area (Å²) in [5.74, 6) is 1.50. The summed E-state index contributed by atoms with van der Waals surface area (Å²) in [4.78, 5) is 16.9. The van der Waals surface area contributed by atoms with Gasteiger partial charge in [0.15, 0.2) is 11.5 Å². The molecule has 0 saturated carbocycles. The topological polar surface area (TPSA) is 57.1 Å². The molecule has 1 heterocycles. The predicted molar refractivity (Wildman–Crippen MR) is 117 cm³/mol. The van der Waals surface area contributed by atoms with Crippen molar-refractivity contribution in [1.29, 1.82) is 0 Å². The molecule has 0 N–H and O–H groups in total. The molecule has 1 aliphatic heterocycles. The largest absolute Gasteiger partial charge is 0.493 e. The van der Waals surface area contributed by atoms with Crippen LogP contribution < -0.4 is 14.2 Å². The SMILES string of the molecule is COc1cc(C=C2N=C(c3cc(I)ccc3Cl)SC2=O)cc(OC)c1OC. The molecule has 1 aliphatic rings. The summed E-state index contributed by atoms with van der Waals surface area (Å²) in [5, 5.41) is 0.999. The van der Waals surface area contributed by atoms with Crippen molar-refractivity contribution >= 4 is 62.2 Å². The van der Waals surface area contributed by atoms with Crippen molar-refractivity contribution in [1.82, 2.24) is 0 Å². The lowest BCUT2D eigenvalue weighted by Gasteiger charge is -2.12. The van der Waals surface area contributed by atoms with E-state index >= 15 is 0 Å². The van der Waals surface area contributed by atoms with Crippen molar-refractivity contribution in [2.75, 3.05) is 21.3 Å². The second kappa shape index (κ2) is 8.53. The van der Waals surface area contributed by atoms with Gasteiger partial charge in [-0.05, 0) is 76.3 Å². The summed E-state index contributed by atoms with van der Waals surface area (Å²) in [7, 11) is 4.62. The van der Waals surface area contributed by atoms with Gasteiger partial charge in [0.25, 0.3) is 0 Å². The first-order chi connectivity index (χ1) is 13.0. The van der Waals surface area contributed by atoms with Crippen LogP contribution in [0, 0.1) is 3.57 Å². The molecule has 0 aromatic heterocycles. The number of benzene rings is 2. The van der Waals surface area contributed by atoms with Crippen LogP contribution in [0.15, 0.2) is 41.0 Å². The summed E-state index contributed by atoms with van der Waals surface area (Å²) in [6, 6.07) is 9.13. The minimum Gasteiger partial charge on any atom is -0.493 e. The van der Waals surface area contributed by atoms with Gasteiger partial charge in [0.2, 0.25) is 10.9 Å². The number of carbonyl (C=O) groups is 1. The Morgan fingerprint density at radius 1 is 1.07 bits per heavy atom. The van der Waals surface area contributed by atoms with Gasteiger partial charge in [-0.3, -0.25) is 4.79 Å². The zero-order chi connectivity index (χ0) is 19.6. The number of nitrogens with zero attached hydrogens (tertiary/aromatic N) is 1. The number of aliphatic imine (C=N–C) groups is 1. The van der Waals surface area contributed by atoms with Crippen LogP contribution in [0.2, 0.25) is 5.02 Å². The summed E-state index contributed by atoms with van der Waals surface area (Å²) in [5.41, 5.74) is 1.79. The van der Waals surface area contributed by atoms with E-state index in [9.17, 15) is 4.79 Å². The maximum atomic E-state index is 12.4. The number of ether oxygens (including phenoxy) is 3. The number of hydrogen-bond acceptors (Lipinski definition) is 6. The first kappa shape index (κ1) is 20.0. The first-order valence-electron chi connectivity index (χ1n) is 7.74. The van der Waals surface area contributed by atoms with Crippen LogP contribution in [-0.4, -0.2) is 31.5 Å². The summed E-state index contributed by atoms with van der Waals surface area (Å²) < 4.78 is 17.0. The number of methoxy groups -OCH3 is 3. The lowest BCUT2D eigenvalue weighted by atomic mass is 10.1. The highest BCUT2D eigenvalue weighted by molar-refractivity contribution is 14.1. The van der Waals surface area contributed by atoms with E-state index in [0.717, 1.165) is 20.9 Å². The Hall–Kier alpha value is -1.71. The fourth-order valence-electron chi connectivity index (χ4n) is 2.53. The molecule has 0 spiro atoms. The normalized spacial score (nSPS) is 15.1. The Morgan fingerprint density at radius 2 is 1.74 bits per heavy atom. The van der Waals surface area contributed by atoms with E-state index in [4.69, 9.17) is 25.8 Å². The molecule has 2 aromatic carbocycles. The van der Waals surface area contributed by atoms with Gasteiger partial charge in [0, 0.05) is 9.13 Å². The van der Waals surface area contributed by atoms with Crippen LogP contribution in [-0.2, 0) is 4.79 Å². The summed E-state index contributed by atoms with van der Waals surface area (Å²) >= 11 is 9.53. The second-order valence-corrected chi connectivity index (χ2v) is 8.03. The van der Waals surface area contributed by atoms with Gasteiger partial charge in [-0.1, -0.05) is 11.6 Å². The van der Waals surface area contributed by atoms with Crippen LogP contribution in [0.5, 0.6) is 17.2 Å². The maximum absolute atomic E-state index is 12.4. The van der Waals surface area contributed by atoms with Crippen LogP contribution in [0.3, 0.4) is 0 Å². The summed E-state index contributed by atoms with van der Waals surface area (Å²) in [6.45, 7) is 0. The smallest absolute Gasteiger partial charge is 0.244 e. The van der Waals surface area contributed by atoms with E-state index < -0.39 is 0 Å². The predicted octanol–water partition coefficient (Wildman–Crippen LogP) is 5.03. The molecule has 2 aromatic rings. The van der Waals surface area contributed by atoms with Crippen molar-refractivity contribution in [2.24, 2.45) is 4.99 Å². The lowest BCUT2D eigenvalue weighted by Crippen LogP contribution is -1.96. The van der Waals surface area contributed by atoms with Gasteiger partial charge in [0.05, 0.1) is 26.4 Å². The van der Waals surface area contributed by atoms with E-state index in [0.29, 0.717) is 38.6 Å². The number of carbonyl (C=O) groups excluding carboxylic acids is 1. The molecule has 0 radical (unpaired) electrons. The van der Waals surface area contributed by atoms with Gasteiger partial charge >= 0.3 is 0 Å². The minimum absolute atomic E-state index is 0.145. The molecule has 0 bridgehead atoms. The van der Waals surface area contributed by atoms with Crippen LogP contribution >= 0.6 is 46.0 Å². The molecule has 0 fully saturated rings. The average Bonchev–Trinajstić information content (AvgIpc) is 3.02. The Labute approximate surface area is 179 Å². The van der Waals surface area contributed by atoms with Gasteiger partial charge in [-0.25, -0.2) is 4.99 Å². The number of thioether (sulfide) groups is 1. The molecule has 3 rings (SSSR count). The highest BCUT2D eigenvalue weighted by Gasteiger charge is 2.25. The fourth-order valence-corrected chi connectivity index (χ4v) is 4.09. The zero-order valence-corrected chi connectivity index (χ0v) is 18.4. The Balaban J connectivity index is 2.03. The lowest BCUT2D eigenvalue weighted by molar-refractivity contribution is -0.107. The molecule has 27 heavy (non-hydrogen) atoms. The maximum Gasteiger partial charge on any atom is 0.244 e. The monoisotopic (exact) mass is 515 g/mol. The van der Waals surface area contributed by atoms with Crippen molar-refractivity contribution < 1.29 is 19.0 Å². The molecule has 0 aliphatic carbocycles. The molecule has 0 unspecified atom stereocenters. The molecular formula is C19H15ClINO4S. The number of rotatable bonds is 5. The third-order valence-electron chi connectivity index (χ3n) is 3.77. The first-order valence-corrected chi connectivity index (χ1v) is 10.0. The van der Waals surface area contributed by atoms with Crippen molar-refractivity contribution in [3.05, 3.63) is 55.7 Å². The molecule has 0 amide bonds. The summed E-state index contributed by atoms with van der Waals surface area (Å²) in [6.07, 6.45) is 1.69. The second-order valence-electron chi connectivity index (χ2n) is 5.42. The van der Waals surface area contributed by atoms with E-state index in [1.165, 1.54) is 7.11 Å². The van der Waals surface area contributed by atoms with Crippen LogP contribution in [0.1, 0.15) is 11.1 Å². The molecule has 5 nitrogen and oxygen atoms in total. The van der Waals surface area contributed by atoms with E-state index in [1.54, 1.807) is 38.5 Å². The van der Waals surface area contributed by atoms with E-state index in [1.807, 2.05) is 12.1 Å². The molecule has 8 heteroatoms. The van der Waals surface area contributed by atoms with E-state index in [-0.39, 0.29) is 5.12 Å². The van der Waals surface area contributed by atoms with Crippen molar-refractivity contribution in [3.8, 4) is 17.2 Å². The van der Waals surface area contributed by atoms with Crippen LogP contribution in [0.4, 0.5) is 0 Å². The molecular weight excluding hydrogens is 501 g/mol. The Bertz CT molecular complexity index is 949. The third kappa shape index (κ3) is 4.25. The van der Waals surface area contributed by atoms with E-state index in [2.05, 4.69) is 27.6 Å². The Kier molecular flexibility index (Phi) is 6.33. The van der Waals surface area contributed by atoms with Crippen molar-refractivity contribution in [3.63, 3.8) is 0 Å². The highest BCUT2D eigenvalue weighted by atomic mass is 127. The van der Waals surface area contributed by atoms with Gasteiger partial charge < -0.3 is 14.2 Å². The van der Waals surface area contributed by atoms with Gasteiger partial charge in [-0.2, -0.15) is 0 Å². The van der Waals surface area contributed by atoms with Gasteiger partial charge in [-0.15, -0.1) is 0 Å². The Morgan fingerprint density at radius 3 is 2.33 bits per heavy atom. The fraction of sp³-hybridized carbons (Fsp3) is 0.158. The minimum atomic E-state index is -0.145. The zero-order valence-electron chi connectivity index (χ0n) is 14.7. The quantitative estimate of drug-likeness (QED) is 0.413. The highest BCUT2D eigenvalue weighted by Crippen LogP contribution is 2.39. The average molecular weight is 516 g/mol. The van der Waals surface area contributed by atoms with Gasteiger partial charge in [0.1, 0.15) is 10.7 Å². The third-order valence-corrected chi connectivity index (χ3v) is 5.67. The number of hydrogen-bond donors (Lipinski definition) is 0. The molecule has 140 valence electrons. The van der Waals surface area contributed by atoms with Crippen molar-refractivity contribution in [2.45, 2.75) is 0 Å².